The van der Waals surface area contributed by atoms with E-state index >= 15 is 0 Å². The Morgan fingerprint density at radius 2 is 1.90 bits per heavy atom. The Balaban J connectivity index is 1.75. The number of likely N-dealkylation sites (tertiary alicyclic amines) is 1. The summed E-state index contributed by atoms with van der Waals surface area (Å²) in [7, 11) is 0. The van der Waals surface area contributed by atoms with E-state index in [1.165, 1.54) is 19.3 Å². The van der Waals surface area contributed by atoms with E-state index in [4.69, 9.17) is 5.11 Å². The van der Waals surface area contributed by atoms with Crippen LogP contribution in [0.3, 0.4) is 0 Å². The molecule has 0 bridgehead atoms. The normalized spacial score (nSPS) is 29.1. The van der Waals surface area contributed by atoms with E-state index in [2.05, 4.69) is 10.2 Å². The topological polar surface area (TPSA) is 69.6 Å². The number of carbonyl (C=O) groups excluding carboxylic acids is 1. The highest BCUT2D eigenvalue weighted by molar-refractivity contribution is 5.78. The highest BCUT2D eigenvalue weighted by atomic mass is 16.4. The number of aliphatic carboxylic acids is 1. The van der Waals surface area contributed by atoms with Crippen molar-refractivity contribution in [2.75, 3.05) is 13.1 Å². The van der Waals surface area contributed by atoms with Gasteiger partial charge in [-0.25, -0.2) is 0 Å². The van der Waals surface area contributed by atoms with Crippen LogP contribution in [0.2, 0.25) is 0 Å². The fourth-order valence-corrected chi connectivity index (χ4v) is 3.38. The summed E-state index contributed by atoms with van der Waals surface area (Å²) in [5.41, 5.74) is 0. The van der Waals surface area contributed by atoms with Gasteiger partial charge in [-0.15, -0.1) is 0 Å². The van der Waals surface area contributed by atoms with E-state index in [1.807, 2.05) is 6.92 Å². The molecular formula is C15H26N2O3. The molecule has 0 aromatic heterocycles. The first kappa shape index (κ1) is 15.3. The predicted molar refractivity (Wildman–Crippen MR) is 76.4 cm³/mol. The standard InChI is InChI=1S/C15H26N2O3/c1-11-9-12(15(19)20)7-8-17(11)10-14(18)16-13-5-3-2-4-6-13/h11-13H,2-10H2,1H3,(H,16,18)(H,19,20). The van der Waals surface area contributed by atoms with Gasteiger partial charge in [0.25, 0.3) is 0 Å². The van der Waals surface area contributed by atoms with Gasteiger partial charge in [0.1, 0.15) is 0 Å². The van der Waals surface area contributed by atoms with Gasteiger partial charge in [-0.2, -0.15) is 0 Å². The minimum absolute atomic E-state index is 0.0949. The van der Waals surface area contributed by atoms with E-state index in [9.17, 15) is 9.59 Å². The van der Waals surface area contributed by atoms with E-state index < -0.39 is 5.97 Å². The molecule has 1 heterocycles. The van der Waals surface area contributed by atoms with Crippen molar-refractivity contribution in [1.29, 1.82) is 0 Å². The van der Waals surface area contributed by atoms with E-state index in [0.717, 1.165) is 12.8 Å². The van der Waals surface area contributed by atoms with Gasteiger partial charge in [-0.1, -0.05) is 19.3 Å². The molecule has 0 aromatic carbocycles. The molecular weight excluding hydrogens is 256 g/mol. The minimum Gasteiger partial charge on any atom is -0.481 e. The van der Waals surface area contributed by atoms with Crippen LogP contribution < -0.4 is 5.32 Å². The maximum atomic E-state index is 12.1. The molecule has 2 atom stereocenters. The van der Waals surface area contributed by atoms with Crippen LogP contribution in [0.15, 0.2) is 0 Å². The van der Waals surface area contributed by atoms with Gasteiger partial charge in [0.05, 0.1) is 12.5 Å². The Labute approximate surface area is 120 Å². The second-order valence-electron chi connectivity index (χ2n) is 6.28. The average Bonchev–Trinajstić information content (AvgIpc) is 2.42. The van der Waals surface area contributed by atoms with Crippen molar-refractivity contribution in [3.05, 3.63) is 0 Å². The van der Waals surface area contributed by atoms with Crippen LogP contribution in [0.4, 0.5) is 0 Å². The van der Waals surface area contributed by atoms with Crippen LogP contribution in [0.25, 0.3) is 0 Å². The number of rotatable bonds is 4. The average molecular weight is 282 g/mol. The van der Waals surface area contributed by atoms with Gasteiger partial charge in [0, 0.05) is 12.1 Å². The number of amides is 1. The molecule has 5 heteroatoms. The Morgan fingerprint density at radius 3 is 2.50 bits per heavy atom. The number of piperidine rings is 1. The van der Waals surface area contributed by atoms with Gasteiger partial charge in [0.2, 0.25) is 5.91 Å². The molecule has 0 radical (unpaired) electrons. The molecule has 1 amide bonds. The van der Waals surface area contributed by atoms with Crippen LogP contribution in [0, 0.1) is 5.92 Å². The molecule has 1 saturated carbocycles. The molecule has 5 nitrogen and oxygen atoms in total. The Hall–Kier alpha value is -1.10. The molecule has 20 heavy (non-hydrogen) atoms. The van der Waals surface area contributed by atoms with Crippen molar-refractivity contribution in [2.24, 2.45) is 5.92 Å². The third-order valence-corrected chi connectivity index (χ3v) is 4.68. The van der Waals surface area contributed by atoms with E-state index in [0.29, 0.717) is 32.0 Å². The number of nitrogens with one attached hydrogen (secondary N) is 1. The molecule has 1 aliphatic heterocycles. The molecule has 2 rings (SSSR count). The molecule has 2 unspecified atom stereocenters. The van der Waals surface area contributed by atoms with E-state index in [-0.39, 0.29) is 17.9 Å². The Kier molecular flexibility index (Phi) is 5.40. The third-order valence-electron chi connectivity index (χ3n) is 4.68. The summed E-state index contributed by atoms with van der Waals surface area (Å²) in [6, 6.07) is 0.519. The van der Waals surface area contributed by atoms with Crippen LogP contribution in [0.1, 0.15) is 51.9 Å². The fraction of sp³-hybridized carbons (Fsp3) is 0.867. The lowest BCUT2D eigenvalue weighted by Gasteiger charge is -2.36. The summed E-state index contributed by atoms with van der Waals surface area (Å²) in [5, 5.41) is 12.2. The third kappa shape index (κ3) is 4.20. The summed E-state index contributed by atoms with van der Waals surface area (Å²) < 4.78 is 0. The van der Waals surface area contributed by atoms with Crippen LogP contribution in [-0.2, 0) is 9.59 Å². The Morgan fingerprint density at radius 1 is 1.20 bits per heavy atom. The van der Waals surface area contributed by atoms with Crippen molar-refractivity contribution in [1.82, 2.24) is 10.2 Å². The quantitative estimate of drug-likeness (QED) is 0.822. The van der Waals surface area contributed by atoms with Gasteiger partial charge >= 0.3 is 5.97 Å². The maximum absolute atomic E-state index is 12.1. The maximum Gasteiger partial charge on any atom is 0.306 e. The zero-order valence-electron chi connectivity index (χ0n) is 12.3. The van der Waals surface area contributed by atoms with Crippen LogP contribution >= 0.6 is 0 Å². The van der Waals surface area contributed by atoms with Crippen LogP contribution in [0.5, 0.6) is 0 Å². The number of hydrogen-bond donors (Lipinski definition) is 2. The first-order chi connectivity index (χ1) is 9.56. The number of carbonyl (C=O) groups is 2. The zero-order valence-corrected chi connectivity index (χ0v) is 12.3. The summed E-state index contributed by atoms with van der Waals surface area (Å²) in [6.07, 6.45) is 7.20. The molecule has 1 saturated heterocycles. The second-order valence-corrected chi connectivity index (χ2v) is 6.28. The highest BCUT2D eigenvalue weighted by Gasteiger charge is 2.30. The molecule has 0 aromatic rings. The SMILES string of the molecule is CC1CC(C(=O)O)CCN1CC(=O)NC1CCCCC1. The predicted octanol–water partition coefficient (Wildman–Crippen LogP) is 1.62. The van der Waals surface area contributed by atoms with Gasteiger partial charge in [-0.05, 0) is 39.2 Å². The molecule has 0 spiro atoms. The highest BCUT2D eigenvalue weighted by Crippen LogP contribution is 2.23. The van der Waals surface area contributed by atoms with E-state index in [1.54, 1.807) is 0 Å². The van der Waals surface area contributed by atoms with Gasteiger partial charge in [0.15, 0.2) is 0 Å². The van der Waals surface area contributed by atoms with Gasteiger partial charge in [-0.3, -0.25) is 14.5 Å². The van der Waals surface area contributed by atoms with Gasteiger partial charge < -0.3 is 10.4 Å². The second kappa shape index (κ2) is 7.07. The number of hydrogen-bond acceptors (Lipinski definition) is 3. The van der Waals surface area contributed by atoms with Crippen molar-refractivity contribution < 1.29 is 14.7 Å². The van der Waals surface area contributed by atoms with Crippen molar-refractivity contribution >= 4 is 11.9 Å². The molecule has 2 N–H and O–H groups in total. The lowest BCUT2D eigenvalue weighted by molar-refractivity contribution is -0.144. The number of carboxylic acids is 1. The lowest BCUT2D eigenvalue weighted by Crippen LogP contribution is -2.49. The summed E-state index contributed by atoms with van der Waals surface area (Å²) >= 11 is 0. The number of nitrogens with zero attached hydrogens (tertiary/aromatic N) is 1. The molecule has 2 fully saturated rings. The monoisotopic (exact) mass is 282 g/mol. The largest absolute Gasteiger partial charge is 0.481 e. The lowest BCUT2D eigenvalue weighted by atomic mass is 9.91. The summed E-state index contributed by atoms with van der Waals surface area (Å²) in [6.45, 7) is 3.13. The fourth-order valence-electron chi connectivity index (χ4n) is 3.38. The van der Waals surface area contributed by atoms with Crippen molar-refractivity contribution in [3.8, 4) is 0 Å². The zero-order chi connectivity index (χ0) is 14.5. The number of carboxylic acid groups (broad SMARTS) is 1. The van der Waals surface area contributed by atoms with Crippen molar-refractivity contribution in [2.45, 2.75) is 64.0 Å². The smallest absolute Gasteiger partial charge is 0.306 e. The molecule has 2 aliphatic rings. The van der Waals surface area contributed by atoms with Crippen LogP contribution in [-0.4, -0.2) is 47.1 Å². The first-order valence-electron chi connectivity index (χ1n) is 7.82. The summed E-state index contributed by atoms with van der Waals surface area (Å²) in [4.78, 5) is 25.2. The first-order valence-corrected chi connectivity index (χ1v) is 7.82. The Bertz CT molecular complexity index is 353. The molecule has 1 aliphatic carbocycles. The van der Waals surface area contributed by atoms with Crippen molar-refractivity contribution in [3.63, 3.8) is 0 Å². The summed E-state index contributed by atoms with van der Waals surface area (Å²) in [5.74, 6) is -0.858. The molecule has 114 valence electrons. The minimum atomic E-state index is -0.705.